The molecule has 21 heavy (non-hydrogen) atoms. The number of halogens is 3. The lowest BCUT2D eigenvalue weighted by Gasteiger charge is -2.23. The van der Waals surface area contributed by atoms with Crippen molar-refractivity contribution in [2.45, 2.75) is 18.9 Å². The summed E-state index contributed by atoms with van der Waals surface area (Å²) in [4.78, 5) is 22.8. The van der Waals surface area contributed by atoms with E-state index in [0.717, 1.165) is 7.11 Å². The molecule has 0 aliphatic heterocycles. The predicted octanol–water partition coefficient (Wildman–Crippen LogP) is 2.09. The number of hydrogen-bond donors (Lipinski definition) is 1. The van der Waals surface area contributed by atoms with Gasteiger partial charge in [0.1, 0.15) is 6.04 Å². The van der Waals surface area contributed by atoms with Crippen LogP contribution in [0, 0.1) is 0 Å². The second kappa shape index (κ2) is 7.90. The number of hydrogen-bond acceptors (Lipinski definition) is 5. The fourth-order valence-electron chi connectivity index (χ4n) is 1.61. The van der Waals surface area contributed by atoms with Crippen molar-refractivity contribution >= 4 is 24.3 Å². The Kier molecular flexibility index (Phi) is 7.25. The maximum absolute atomic E-state index is 13.9. The van der Waals surface area contributed by atoms with Gasteiger partial charge in [-0.3, -0.25) is 0 Å². The van der Waals surface area contributed by atoms with Crippen LogP contribution >= 0.6 is 12.4 Å². The highest BCUT2D eigenvalue weighted by Crippen LogP contribution is 2.32. The van der Waals surface area contributed by atoms with Crippen LogP contribution in [0.5, 0.6) is 0 Å². The van der Waals surface area contributed by atoms with Crippen LogP contribution in [-0.4, -0.2) is 31.6 Å². The summed E-state index contributed by atoms with van der Waals surface area (Å²) in [5.74, 6) is -6.48. The van der Waals surface area contributed by atoms with Gasteiger partial charge in [0.05, 0.1) is 19.3 Å². The number of methoxy groups -OCH3 is 1. The Morgan fingerprint density at radius 2 is 1.90 bits per heavy atom. The Morgan fingerprint density at radius 1 is 1.33 bits per heavy atom. The first-order valence-corrected chi connectivity index (χ1v) is 5.84. The molecule has 0 bridgehead atoms. The summed E-state index contributed by atoms with van der Waals surface area (Å²) in [6.07, 6.45) is 0. The molecule has 1 rings (SSSR count). The molecular formula is C13H16ClF2NO4. The van der Waals surface area contributed by atoms with Gasteiger partial charge in [0, 0.05) is 0 Å². The van der Waals surface area contributed by atoms with Crippen molar-refractivity contribution in [3.63, 3.8) is 0 Å². The molecule has 0 aliphatic carbocycles. The SMILES string of the molecule is CCOC(=O)C(F)(F)[C@@H](N)c1ccccc1C(=O)OC.Cl. The maximum Gasteiger partial charge on any atom is 0.379 e. The quantitative estimate of drug-likeness (QED) is 0.839. The van der Waals surface area contributed by atoms with Gasteiger partial charge in [0.15, 0.2) is 0 Å². The van der Waals surface area contributed by atoms with Crippen LogP contribution in [0.4, 0.5) is 8.78 Å². The number of alkyl halides is 2. The molecule has 0 aromatic heterocycles. The molecule has 0 radical (unpaired) electrons. The molecule has 0 fully saturated rings. The number of esters is 2. The summed E-state index contributed by atoms with van der Waals surface area (Å²) in [6, 6.07) is 3.44. The van der Waals surface area contributed by atoms with Gasteiger partial charge in [-0.15, -0.1) is 12.4 Å². The fraction of sp³-hybridized carbons (Fsp3) is 0.385. The van der Waals surface area contributed by atoms with Gasteiger partial charge in [0.25, 0.3) is 0 Å². The molecule has 0 aliphatic rings. The molecule has 1 atom stereocenters. The number of carbonyl (C=O) groups excluding carboxylic acids is 2. The Balaban J connectivity index is 0.00000400. The van der Waals surface area contributed by atoms with Crippen molar-refractivity contribution in [3.05, 3.63) is 35.4 Å². The van der Waals surface area contributed by atoms with Crippen molar-refractivity contribution in [2.24, 2.45) is 5.73 Å². The molecule has 0 spiro atoms. The molecule has 0 saturated heterocycles. The average molecular weight is 324 g/mol. The smallest absolute Gasteiger partial charge is 0.379 e. The molecule has 118 valence electrons. The summed E-state index contributed by atoms with van der Waals surface area (Å²) < 4.78 is 36.5. The lowest BCUT2D eigenvalue weighted by Crippen LogP contribution is -2.42. The number of carbonyl (C=O) groups is 2. The molecule has 1 aromatic carbocycles. The Bertz CT molecular complexity index is 511. The molecule has 0 heterocycles. The third kappa shape index (κ3) is 4.12. The van der Waals surface area contributed by atoms with Crippen LogP contribution in [0.2, 0.25) is 0 Å². The van der Waals surface area contributed by atoms with Crippen molar-refractivity contribution in [2.75, 3.05) is 13.7 Å². The van der Waals surface area contributed by atoms with E-state index in [0.29, 0.717) is 0 Å². The lowest BCUT2D eigenvalue weighted by atomic mass is 9.96. The van der Waals surface area contributed by atoms with E-state index in [9.17, 15) is 18.4 Å². The van der Waals surface area contributed by atoms with Gasteiger partial charge in [-0.2, -0.15) is 8.78 Å². The summed E-state index contributed by atoms with van der Waals surface area (Å²) in [5, 5.41) is 0. The number of ether oxygens (including phenoxy) is 2. The summed E-state index contributed by atoms with van der Waals surface area (Å²) in [7, 11) is 1.12. The second-order valence-electron chi connectivity index (χ2n) is 3.90. The van der Waals surface area contributed by atoms with E-state index in [4.69, 9.17) is 5.73 Å². The van der Waals surface area contributed by atoms with Crippen LogP contribution in [0.3, 0.4) is 0 Å². The van der Waals surface area contributed by atoms with Crippen LogP contribution < -0.4 is 5.73 Å². The average Bonchev–Trinajstić information content (AvgIpc) is 2.45. The van der Waals surface area contributed by atoms with Gasteiger partial charge in [-0.1, -0.05) is 18.2 Å². The van der Waals surface area contributed by atoms with Crippen LogP contribution in [0.25, 0.3) is 0 Å². The van der Waals surface area contributed by atoms with Crippen LogP contribution in [0.1, 0.15) is 28.9 Å². The molecule has 0 unspecified atom stereocenters. The minimum atomic E-state index is -3.94. The van der Waals surface area contributed by atoms with Gasteiger partial charge in [0.2, 0.25) is 0 Å². The van der Waals surface area contributed by atoms with Crippen molar-refractivity contribution < 1.29 is 27.8 Å². The third-order valence-electron chi connectivity index (χ3n) is 2.64. The van der Waals surface area contributed by atoms with Gasteiger partial charge >= 0.3 is 17.9 Å². The zero-order valence-electron chi connectivity index (χ0n) is 11.5. The monoisotopic (exact) mass is 323 g/mol. The van der Waals surface area contributed by atoms with Crippen LogP contribution in [-0.2, 0) is 14.3 Å². The largest absolute Gasteiger partial charge is 0.465 e. The molecule has 1 aromatic rings. The van der Waals surface area contributed by atoms with E-state index < -0.39 is 23.9 Å². The standard InChI is InChI=1S/C13H15F2NO4.ClH/c1-3-20-12(18)13(14,15)10(16)8-6-4-5-7-9(8)11(17)19-2;/h4-7,10H,3,16H2,1-2H3;1H/t10-;/m0./s1. The number of benzene rings is 1. The summed E-state index contributed by atoms with van der Waals surface area (Å²) >= 11 is 0. The van der Waals surface area contributed by atoms with E-state index in [1.54, 1.807) is 0 Å². The minimum Gasteiger partial charge on any atom is -0.465 e. The molecule has 8 heteroatoms. The van der Waals surface area contributed by atoms with E-state index in [2.05, 4.69) is 9.47 Å². The van der Waals surface area contributed by atoms with E-state index in [-0.39, 0.29) is 30.1 Å². The van der Waals surface area contributed by atoms with Crippen molar-refractivity contribution in [3.8, 4) is 0 Å². The van der Waals surface area contributed by atoms with E-state index >= 15 is 0 Å². The highest BCUT2D eigenvalue weighted by atomic mass is 35.5. The first-order chi connectivity index (χ1) is 9.36. The van der Waals surface area contributed by atoms with Crippen molar-refractivity contribution in [1.29, 1.82) is 0 Å². The highest BCUT2D eigenvalue weighted by Gasteiger charge is 2.48. The van der Waals surface area contributed by atoms with Gasteiger partial charge in [-0.25, -0.2) is 9.59 Å². The van der Waals surface area contributed by atoms with Gasteiger partial charge < -0.3 is 15.2 Å². The molecule has 0 saturated carbocycles. The lowest BCUT2D eigenvalue weighted by molar-refractivity contribution is -0.174. The molecule has 2 N–H and O–H groups in total. The Labute approximate surface area is 126 Å². The highest BCUT2D eigenvalue weighted by molar-refractivity contribution is 5.91. The number of rotatable bonds is 5. The first kappa shape index (κ1) is 19.3. The van der Waals surface area contributed by atoms with E-state index in [1.165, 1.54) is 31.2 Å². The number of nitrogens with two attached hydrogens (primary N) is 1. The fourth-order valence-corrected chi connectivity index (χ4v) is 1.61. The Morgan fingerprint density at radius 3 is 2.43 bits per heavy atom. The molecule has 5 nitrogen and oxygen atoms in total. The molecule has 0 amide bonds. The van der Waals surface area contributed by atoms with Gasteiger partial charge in [-0.05, 0) is 18.6 Å². The first-order valence-electron chi connectivity index (χ1n) is 5.84. The predicted molar refractivity (Wildman–Crippen MR) is 73.5 cm³/mol. The zero-order valence-corrected chi connectivity index (χ0v) is 12.3. The zero-order chi connectivity index (χ0) is 15.3. The Hall–Kier alpha value is -1.73. The summed E-state index contributed by atoms with van der Waals surface area (Å²) in [5.41, 5.74) is 5.14. The topological polar surface area (TPSA) is 78.6 Å². The van der Waals surface area contributed by atoms with Crippen molar-refractivity contribution in [1.82, 2.24) is 0 Å². The maximum atomic E-state index is 13.9. The minimum absolute atomic E-state index is 0. The van der Waals surface area contributed by atoms with Crippen LogP contribution in [0.15, 0.2) is 24.3 Å². The summed E-state index contributed by atoms with van der Waals surface area (Å²) in [6.45, 7) is 1.21. The normalized spacial score (nSPS) is 12.0. The van der Waals surface area contributed by atoms with E-state index in [1.807, 2.05) is 0 Å². The third-order valence-corrected chi connectivity index (χ3v) is 2.64. The second-order valence-corrected chi connectivity index (χ2v) is 3.90. The molecular weight excluding hydrogens is 308 g/mol.